The third-order valence-electron chi connectivity index (χ3n) is 23.5. The predicted octanol–water partition coefficient (Wildman–Crippen LogP) is 30.5. The summed E-state index contributed by atoms with van der Waals surface area (Å²) in [6.45, 7) is 20.0. The summed E-state index contributed by atoms with van der Waals surface area (Å²) in [4.78, 5) is 37.8. The van der Waals surface area contributed by atoms with E-state index in [4.69, 9.17) is 0 Å². The van der Waals surface area contributed by atoms with E-state index in [1.165, 1.54) is 369 Å². The molecule has 0 saturated carbocycles. The molecule has 4 nitrogen and oxygen atoms in total. The van der Waals surface area contributed by atoms with Crippen LogP contribution in [0.3, 0.4) is 0 Å². The maximum atomic E-state index is 16.0. The van der Waals surface area contributed by atoms with E-state index in [2.05, 4.69) is 136 Å². The molecule has 6 aromatic heterocycles. The minimum absolute atomic E-state index is 0.117. The Hall–Kier alpha value is -1.90. The van der Waals surface area contributed by atoms with Crippen molar-refractivity contribution in [3.05, 3.63) is 87.4 Å². The van der Waals surface area contributed by atoms with Crippen LogP contribution in [0, 0.1) is 25.7 Å². The van der Waals surface area contributed by atoms with Gasteiger partial charge in [0.05, 0.1) is 0 Å². The molecule has 2 unspecified atom stereocenters. The fourth-order valence-electron chi connectivity index (χ4n) is 17.3. The summed E-state index contributed by atoms with van der Waals surface area (Å²) >= 11 is 2.64. The Morgan fingerprint density at radius 1 is 0.327 bits per heavy atom. The van der Waals surface area contributed by atoms with E-state index in [1.807, 2.05) is 0 Å². The van der Waals surface area contributed by atoms with E-state index in [9.17, 15) is 0 Å². The molecule has 0 spiro atoms. The molecule has 0 bridgehead atoms. The van der Waals surface area contributed by atoms with Gasteiger partial charge in [-0.15, -0.1) is 0 Å². The van der Waals surface area contributed by atoms with Crippen LogP contribution in [0.15, 0.2) is 58.1 Å². The molecule has 2 atom stereocenters. The van der Waals surface area contributed by atoms with Crippen LogP contribution in [-0.2, 0) is 18.5 Å². The van der Waals surface area contributed by atoms with Gasteiger partial charge < -0.3 is 0 Å². The molecule has 6 heterocycles. The number of nitrogens with zero attached hydrogens (tertiary/aromatic N) is 2. The molecule has 0 aliphatic heterocycles. The molecule has 101 heavy (non-hydrogen) atoms. The van der Waals surface area contributed by atoms with Gasteiger partial charge in [-0.25, -0.2) is 0 Å². The first kappa shape index (κ1) is 86.3. The Labute approximate surface area is 648 Å². The SMILES string of the molecule is CCCCCCCCCCCCC(CCCCCCCCCC)CCCCn1c(=O)c(-c2ccc(C)[te]2)cc2c1cc(-c1ccc(-c3cc4c(s3)C(CCCCCC)(CCCCCC)c3sc(C)cc3-4)[te]1)c(=O)n2CCCCC(CCCCCCCCCC)CCCCCCCCCCCC. The van der Waals surface area contributed by atoms with Gasteiger partial charge in [0.15, 0.2) is 0 Å². The molecule has 1 aliphatic rings. The van der Waals surface area contributed by atoms with Crippen molar-refractivity contribution in [2.45, 2.75) is 433 Å². The van der Waals surface area contributed by atoms with Crippen LogP contribution >= 0.6 is 22.7 Å². The van der Waals surface area contributed by atoms with E-state index in [0.717, 1.165) is 59.7 Å². The number of rotatable bonds is 63. The van der Waals surface area contributed by atoms with Crippen molar-refractivity contribution in [1.82, 2.24) is 9.13 Å². The second-order valence-corrected chi connectivity index (χ2v) is 41.3. The topological polar surface area (TPSA) is 44.0 Å². The van der Waals surface area contributed by atoms with Crippen molar-refractivity contribution in [3.63, 3.8) is 0 Å². The Morgan fingerprint density at radius 2 is 0.634 bits per heavy atom. The summed E-state index contributed by atoms with van der Waals surface area (Å²) in [7, 11) is 0. The smallest absolute Gasteiger partial charge is 0.0654 e. The second-order valence-electron chi connectivity index (χ2n) is 32.2. The van der Waals surface area contributed by atoms with Gasteiger partial charge in [-0.05, 0) is 0 Å². The predicted molar refractivity (Wildman–Crippen MR) is 454 cm³/mol. The summed E-state index contributed by atoms with van der Waals surface area (Å²) in [5.74, 6) is 1.54. The molecule has 568 valence electrons. The molecule has 0 saturated heterocycles. The molecule has 6 aromatic rings. The number of aromatic nitrogens is 2. The van der Waals surface area contributed by atoms with E-state index >= 15 is 9.59 Å². The zero-order chi connectivity index (χ0) is 71.5. The molecule has 0 aromatic carbocycles. The number of hydrogen-bond acceptors (Lipinski definition) is 4. The molecule has 0 N–H and O–H groups in total. The average molecular weight is 1650 g/mol. The fraction of sp³-hybridized carbons (Fsp3) is 0.742. The summed E-state index contributed by atoms with van der Waals surface area (Å²) in [6, 6.07) is 18.9. The average Bonchev–Trinajstić information content (AvgIpc) is 1.55. The first-order valence-electron chi connectivity index (χ1n) is 43.8. The molecular formula is C93H150N2O2S2Te2. The van der Waals surface area contributed by atoms with Crippen molar-refractivity contribution in [1.29, 1.82) is 0 Å². The van der Waals surface area contributed by atoms with Crippen LogP contribution < -0.4 is 11.1 Å². The minimum atomic E-state index is -0.914. The van der Waals surface area contributed by atoms with Crippen LogP contribution in [0.25, 0.3) is 48.9 Å². The van der Waals surface area contributed by atoms with Gasteiger partial charge in [-0.1, -0.05) is 207 Å². The van der Waals surface area contributed by atoms with Crippen molar-refractivity contribution < 1.29 is 0 Å². The number of fused-ring (bicyclic) bond motifs is 4. The Morgan fingerprint density at radius 3 is 1.00 bits per heavy atom. The zero-order valence-electron chi connectivity index (χ0n) is 66.6. The number of unbranched alkanes of at least 4 members (excludes halogenated alkanes) is 40. The van der Waals surface area contributed by atoms with Gasteiger partial charge in [0.25, 0.3) is 0 Å². The molecule has 0 fully saturated rings. The molecule has 0 radical (unpaired) electrons. The number of pyridine rings is 2. The third kappa shape index (κ3) is 29.2. The Bertz CT molecular complexity index is 3240. The number of thiophene rings is 2. The van der Waals surface area contributed by atoms with E-state index in [1.54, 1.807) is 9.75 Å². The van der Waals surface area contributed by atoms with Crippen molar-refractivity contribution in [3.8, 4) is 37.9 Å². The maximum absolute atomic E-state index is 16.0. The second kappa shape index (κ2) is 51.4. The quantitative estimate of drug-likeness (QED) is 0.0282. The van der Waals surface area contributed by atoms with E-state index in [-0.39, 0.29) is 16.5 Å². The molecule has 8 heteroatoms. The third-order valence-corrected chi connectivity index (χ3v) is 32.8. The molecule has 7 rings (SSSR count). The normalized spacial score (nSPS) is 13.3. The molecule has 1 aliphatic carbocycles. The molecular weight excluding hydrogens is 1500 g/mol. The fourth-order valence-corrected chi connectivity index (χ4v) is 25.7. The first-order chi connectivity index (χ1) is 49.6. The van der Waals surface area contributed by atoms with E-state index in [0.29, 0.717) is 13.1 Å². The number of hydrogen-bond donors (Lipinski definition) is 0. The van der Waals surface area contributed by atoms with Gasteiger partial charge in [-0.2, -0.15) is 0 Å². The van der Waals surface area contributed by atoms with Gasteiger partial charge >= 0.3 is 447 Å². The van der Waals surface area contributed by atoms with Crippen molar-refractivity contribution >= 4 is 74.6 Å². The Balaban J connectivity index is 1.19. The summed E-state index contributed by atoms with van der Waals surface area (Å²) < 4.78 is 9.84. The van der Waals surface area contributed by atoms with Gasteiger partial charge in [0, 0.05) is 0 Å². The van der Waals surface area contributed by atoms with Crippen LogP contribution in [0.4, 0.5) is 0 Å². The number of aryl methyl sites for hydroxylation is 4. The minimum Gasteiger partial charge on any atom is -0.0654 e. The van der Waals surface area contributed by atoms with Crippen LogP contribution in [0.2, 0.25) is 0 Å². The summed E-state index contributed by atoms with van der Waals surface area (Å²) in [6.07, 6.45) is 75.2. The van der Waals surface area contributed by atoms with Crippen LogP contribution in [0.1, 0.15) is 419 Å². The monoisotopic (exact) mass is 1650 g/mol. The Kier molecular flexibility index (Phi) is 44.0. The van der Waals surface area contributed by atoms with Gasteiger partial charge in [0.1, 0.15) is 0 Å². The van der Waals surface area contributed by atoms with Crippen LogP contribution in [-0.4, -0.2) is 50.0 Å². The standard InChI is InChI=1S/C93H150N2O2S2Te2/c1-9-15-21-27-31-35-37-41-45-49-59-77(57-47-43-39-33-29-23-17-11-3)61-51-55-69-94-84-73-82(87-65-66-88(101-87)85-74-80-79-71-75(7)98-89(79)93(90(80)99-85,67-53-25-19-13-5)68-54-26-20-14-6)92(97)95(83(84)72-81(91(94)96)86-64-63-76(8)100-86)70-56-52-62-78(58-48-44-40-34-30-24-18-12-4)60-50-46-42-38-36-32-28-22-16-10-2/h63-66,71-74,77-78H,9-62,67-70H2,1-8H3. The summed E-state index contributed by atoms with van der Waals surface area (Å²) in [5.41, 5.74) is 7.23. The van der Waals surface area contributed by atoms with Gasteiger partial charge in [-0.3, -0.25) is 0 Å². The molecule has 0 amide bonds. The first-order valence-corrected chi connectivity index (χ1v) is 50.1. The zero-order valence-corrected chi connectivity index (χ0v) is 72.9. The van der Waals surface area contributed by atoms with Crippen molar-refractivity contribution in [2.75, 3.05) is 0 Å². The van der Waals surface area contributed by atoms with E-state index < -0.39 is 40.9 Å². The van der Waals surface area contributed by atoms with Crippen molar-refractivity contribution in [2.24, 2.45) is 11.8 Å². The van der Waals surface area contributed by atoms with Crippen LogP contribution in [0.5, 0.6) is 0 Å². The van der Waals surface area contributed by atoms with Gasteiger partial charge in [0.2, 0.25) is 0 Å². The summed E-state index contributed by atoms with van der Waals surface area (Å²) in [5, 5.41) is 0.